The fourth-order valence-electron chi connectivity index (χ4n) is 2.10. The van der Waals surface area contributed by atoms with Gasteiger partial charge in [-0.05, 0) is 25.8 Å². The highest BCUT2D eigenvalue weighted by molar-refractivity contribution is 5.93. The van der Waals surface area contributed by atoms with Gasteiger partial charge < -0.3 is 10.1 Å². The number of benzene rings is 1. The number of unbranched alkanes of at least 4 members (excludes halogenated alkanes) is 1. The van der Waals surface area contributed by atoms with Gasteiger partial charge in [0, 0.05) is 31.3 Å². The minimum atomic E-state index is 0.591. The van der Waals surface area contributed by atoms with Crippen LogP contribution in [0.2, 0.25) is 0 Å². The van der Waals surface area contributed by atoms with Crippen molar-refractivity contribution < 1.29 is 4.74 Å². The zero-order valence-electron chi connectivity index (χ0n) is 11.7. The molecule has 0 atom stereocenters. The normalized spacial score (nSPS) is 10.4. The van der Waals surface area contributed by atoms with E-state index in [1.165, 1.54) is 0 Å². The van der Waals surface area contributed by atoms with Crippen LogP contribution in [0.5, 0.6) is 0 Å². The summed E-state index contributed by atoms with van der Waals surface area (Å²) in [6.45, 7) is 4.39. The van der Waals surface area contributed by atoms with Crippen molar-refractivity contribution in [1.29, 1.82) is 5.26 Å². The number of ether oxygens (including phenoxy) is 1. The minimum absolute atomic E-state index is 0.591. The van der Waals surface area contributed by atoms with Crippen molar-refractivity contribution in [2.75, 3.05) is 25.1 Å². The molecule has 0 saturated heterocycles. The number of nitrogens with zero attached hydrogens (tertiary/aromatic N) is 2. The van der Waals surface area contributed by atoms with Gasteiger partial charge in [-0.25, -0.2) is 0 Å². The summed E-state index contributed by atoms with van der Waals surface area (Å²) in [5.74, 6) is 0. The second kappa shape index (κ2) is 7.46. The van der Waals surface area contributed by atoms with Crippen LogP contribution in [0.15, 0.2) is 30.5 Å². The Morgan fingerprint density at radius 3 is 2.95 bits per heavy atom. The summed E-state index contributed by atoms with van der Waals surface area (Å²) >= 11 is 0. The molecule has 0 amide bonds. The molecular formula is C16H19N3O. The molecule has 104 valence electrons. The van der Waals surface area contributed by atoms with E-state index >= 15 is 0 Å². The Labute approximate surface area is 119 Å². The summed E-state index contributed by atoms with van der Waals surface area (Å²) in [4.78, 5) is 4.30. The molecule has 1 aromatic carbocycles. The predicted molar refractivity (Wildman–Crippen MR) is 80.7 cm³/mol. The average Bonchev–Trinajstić information content (AvgIpc) is 2.50. The first-order valence-electron chi connectivity index (χ1n) is 6.96. The summed E-state index contributed by atoms with van der Waals surface area (Å²) in [6, 6.07) is 10.1. The number of anilines is 1. The van der Waals surface area contributed by atoms with E-state index < -0.39 is 0 Å². The van der Waals surface area contributed by atoms with Crippen molar-refractivity contribution in [2.24, 2.45) is 0 Å². The molecule has 4 heteroatoms. The van der Waals surface area contributed by atoms with Crippen molar-refractivity contribution in [3.05, 3.63) is 36.0 Å². The van der Waals surface area contributed by atoms with Crippen LogP contribution >= 0.6 is 0 Å². The van der Waals surface area contributed by atoms with Gasteiger partial charge in [0.15, 0.2) is 0 Å². The number of pyridine rings is 1. The van der Waals surface area contributed by atoms with E-state index in [1.54, 1.807) is 6.20 Å². The molecule has 0 spiro atoms. The molecule has 0 aliphatic carbocycles. The number of hydrogen-bond acceptors (Lipinski definition) is 4. The molecule has 0 fully saturated rings. The van der Waals surface area contributed by atoms with Crippen LogP contribution in [0.25, 0.3) is 10.9 Å². The Morgan fingerprint density at radius 1 is 1.30 bits per heavy atom. The summed E-state index contributed by atoms with van der Waals surface area (Å²) in [5.41, 5.74) is 2.38. The molecule has 0 aliphatic rings. The lowest BCUT2D eigenvalue weighted by atomic mass is 10.1. The lowest BCUT2D eigenvalue weighted by Crippen LogP contribution is -2.06. The van der Waals surface area contributed by atoms with Gasteiger partial charge >= 0.3 is 0 Å². The maximum Gasteiger partial charge on any atom is 0.103 e. The Bertz CT molecular complexity index is 604. The largest absolute Gasteiger partial charge is 0.383 e. The lowest BCUT2D eigenvalue weighted by molar-refractivity contribution is 0.144. The first-order chi connectivity index (χ1) is 9.86. The molecular weight excluding hydrogens is 250 g/mol. The molecule has 0 unspecified atom stereocenters. The number of nitriles is 1. The number of aromatic nitrogens is 1. The smallest absolute Gasteiger partial charge is 0.103 e. The number of rotatable bonds is 7. The highest BCUT2D eigenvalue weighted by Gasteiger charge is 2.07. The van der Waals surface area contributed by atoms with Crippen LogP contribution in [0.1, 0.15) is 25.3 Å². The van der Waals surface area contributed by atoms with E-state index in [4.69, 9.17) is 4.74 Å². The fraction of sp³-hybridized carbons (Fsp3) is 0.375. The molecule has 1 aromatic heterocycles. The van der Waals surface area contributed by atoms with Crippen LogP contribution in [-0.4, -0.2) is 24.7 Å². The van der Waals surface area contributed by atoms with Crippen LogP contribution in [-0.2, 0) is 4.74 Å². The molecule has 2 aromatic rings. The van der Waals surface area contributed by atoms with Gasteiger partial charge in [0.1, 0.15) is 6.07 Å². The molecule has 0 bridgehead atoms. The second-order valence-electron chi connectivity index (χ2n) is 4.51. The topological polar surface area (TPSA) is 57.9 Å². The maximum absolute atomic E-state index is 9.20. The lowest BCUT2D eigenvalue weighted by Gasteiger charge is -2.11. The molecule has 0 radical (unpaired) electrons. The highest BCUT2D eigenvalue weighted by atomic mass is 16.5. The van der Waals surface area contributed by atoms with E-state index in [0.717, 1.165) is 49.2 Å². The zero-order chi connectivity index (χ0) is 14.2. The number of hydrogen-bond donors (Lipinski definition) is 1. The Morgan fingerprint density at radius 2 is 2.15 bits per heavy atom. The Balaban J connectivity index is 2.06. The second-order valence-corrected chi connectivity index (χ2v) is 4.51. The fourth-order valence-corrected chi connectivity index (χ4v) is 2.10. The van der Waals surface area contributed by atoms with Crippen LogP contribution in [0, 0.1) is 11.3 Å². The maximum atomic E-state index is 9.20. The van der Waals surface area contributed by atoms with E-state index in [0.29, 0.717) is 5.56 Å². The summed E-state index contributed by atoms with van der Waals surface area (Å²) in [7, 11) is 0. The van der Waals surface area contributed by atoms with Gasteiger partial charge in [0.05, 0.1) is 16.8 Å². The van der Waals surface area contributed by atoms with Crippen LogP contribution in [0.4, 0.5) is 5.69 Å². The van der Waals surface area contributed by atoms with Gasteiger partial charge in [0.25, 0.3) is 0 Å². The Kier molecular flexibility index (Phi) is 5.33. The number of para-hydroxylation sites is 1. The summed E-state index contributed by atoms with van der Waals surface area (Å²) in [6.07, 6.45) is 3.66. The van der Waals surface area contributed by atoms with Crippen molar-refractivity contribution in [3.63, 3.8) is 0 Å². The summed E-state index contributed by atoms with van der Waals surface area (Å²) in [5, 5.41) is 13.6. The minimum Gasteiger partial charge on any atom is -0.383 e. The molecule has 1 heterocycles. The third-order valence-corrected chi connectivity index (χ3v) is 3.12. The van der Waals surface area contributed by atoms with Crippen LogP contribution in [0.3, 0.4) is 0 Å². The van der Waals surface area contributed by atoms with E-state index in [-0.39, 0.29) is 0 Å². The highest BCUT2D eigenvalue weighted by Crippen LogP contribution is 2.25. The van der Waals surface area contributed by atoms with E-state index in [1.807, 2.05) is 31.2 Å². The molecule has 0 aliphatic heterocycles. The summed E-state index contributed by atoms with van der Waals surface area (Å²) < 4.78 is 5.31. The van der Waals surface area contributed by atoms with E-state index in [2.05, 4.69) is 16.4 Å². The van der Waals surface area contributed by atoms with Gasteiger partial charge in [-0.1, -0.05) is 18.2 Å². The van der Waals surface area contributed by atoms with Crippen molar-refractivity contribution in [3.8, 4) is 6.07 Å². The third kappa shape index (κ3) is 3.46. The van der Waals surface area contributed by atoms with Crippen molar-refractivity contribution in [1.82, 2.24) is 4.98 Å². The first kappa shape index (κ1) is 14.3. The van der Waals surface area contributed by atoms with E-state index in [9.17, 15) is 5.26 Å². The standard InChI is InChI=1S/C16H19N3O/c1-2-20-10-6-5-9-18-16-13(11-17)12-19-15-8-4-3-7-14(15)16/h3-4,7-8,12H,2,5-6,9-10H2,1H3,(H,18,19). The van der Waals surface area contributed by atoms with Gasteiger partial charge in [0.2, 0.25) is 0 Å². The molecule has 2 rings (SSSR count). The quantitative estimate of drug-likeness (QED) is 0.783. The van der Waals surface area contributed by atoms with Gasteiger partial charge in [-0.3, -0.25) is 4.98 Å². The monoisotopic (exact) mass is 269 g/mol. The number of fused-ring (bicyclic) bond motifs is 1. The average molecular weight is 269 g/mol. The van der Waals surface area contributed by atoms with Crippen molar-refractivity contribution in [2.45, 2.75) is 19.8 Å². The number of nitrogens with one attached hydrogen (secondary N) is 1. The SMILES string of the molecule is CCOCCCCNc1c(C#N)cnc2ccccc12. The molecule has 1 N–H and O–H groups in total. The first-order valence-corrected chi connectivity index (χ1v) is 6.96. The third-order valence-electron chi connectivity index (χ3n) is 3.12. The van der Waals surface area contributed by atoms with Gasteiger partial charge in [-0.2, -0.15) is 5.26 Å². The predicted octanol–water partition coefficient (Wildman–Crippen LogP) is 3.34. The molecule has 4 nitrogen and oxygen atoms in total. The van der Waals surface area contributed by atoms with Gasteiger partial charge in [-0.15, -0.1) is 0 Å². The Hall–Kier alpha value is -2.12. The zero-order valence-corrected chi connectivity index (χ0v) is 11.7. The van der Waals surface area contributed by atoms with Crippen LogP contribution < -0.4 is 5.32 Å². The molecule has 0 saturated carbocycles. The molecule has 20 heavy (non-hydrogen) atoms. The van der Waals surface area contributed by atoms with Crippen molar-refractivity contribution >= 4 is 16.6 Å².